The molecule has 2 aromatic carbocycles. The maximum atomic E-state index is 12.2. The number of carbonyl (C=O) groups is 1. The van der Waals surface area contributed by atoms with E-state index in [1.807, 2.05) is 63.2 Å². The van der Waals surface area contributed by atoms with Crippen LogP contribution in [0, 0.1) is 0 Å². The minimum atomic E-state index is -0.507. The first-order valence-electron chi connectivity index (χ1n) is 8.63. The predicted molar refractivity (Wildman–Crippen MR) is 98.1 cm³/mol. The van der Waals surface area contributed by atoms with Crippen molar-refractivity contribution in [3.05, 3.63) is 59.7 Å². The van der Waals surface area contributed by atoms with Gasteiger partial charge in [-0.05, 0) is 68.0 Å². The Bertz CT molecular complexity index is 773. The summed E-state index contributed by atoms with van der Waals surface area (Å²) in [6.45, 7) is 5.61. The number of aliphatic hydroxyl groups is 1. The van der Waals surface area contributed by atoms with Gasteiger partial charge in [0.15, 0.2) is 0 Å². The molecule has 0 atom stereocenters. The van der Waals surface area contributed by atoms with Gasteiger partial charge in [0.05, 0.1) is 12.1 Å². The molecule has 2 aromatic rings. The van der Waals surface area contributed by atoms with E-state index in [-0.39, 0.29) is 18.2 Å². The lowest BCUT2D eigenvalue weighted by atomic mass is 9.97. The van der Waals surface area contributed by atoms with E-state index in [4.69, 9.17) is 4.74 Å². The number of hydrogen-bond acceptors (Lipinski definition) is 3. The molecule has 0 bridgehead atoms. The molecule has 1 saturated carbocycles. The Morgan fingerprint density at radius 3 is 2.36 bits per heavy atom. The van der Waals surface area contributed by atoms with Crippen molar-refractivity contribution in [2.75, 3.05) is 0 Å². The lowest BCUT2D eigenvalue weighted by Crippen LogP contribution is -2.39. The second-order valence-corrected chi connectivity index (χ2v) is 7.65. The number of benzene rings is 2. The first-order chi connectivity index (χ1) is 11.8. The summed E-state index contributed by atoms with van der Waals surface area (Å²) in [5.41, 5.74) is 3.27. The van der Waals surface area contributed by atoms with Crippen molar-refractivity contribution in [2.24, 2.45) is 0 Å². The minimum Gasteiger partial charge on any atom is -0.444 e. The number of nitrogens with one attached hydrogen (secondary N) is 1. The van der Waals surface area contributed by atoms with Gasteiger partial charge in [0.1, 0.15) is 5.60 Å². The van der Waals surface area contributed by atoms with Crippen LogP contribution in [0.5, 0.6) is 0 Å². The van der Waals surface area contributed by atoms with Crippen molar-refractivity contribution in [2.45, 2.75) is 51.4 Å². The molecule has 1 aliphatic carbocycles. The van der Waals surface area contributed by atoms with E-state index < -0.39 is 5.60 Å². The number of amides is 1. The van der Waals surface area contributed by atoms with E-state index in [2.05, 4.69) is 11.4 Å². The molecule has 2 N–H and O–H groups in total. The van der Waals surface area contributed by atoms with Gasteiger partial charge in [-0.3, -0.25) is 0 Å². The minimum absolute atomic E-state index is 0.0255. The van der Waals surface area contributed by atoms with Crippen molar-refractivity contribution < 1.29 is 14.6 Å². The summed E-state index contributed by atoms with van der Waals surface area (Å²) in [6.07, 6.45) is 1.44. The summed E-state index contributed by atoms with van der Waals surface area (Å²) in [6, 6.07) is 16.1. The standard InChI is InChI=1S/C21H25NO3/c1-20(2,3)25-19(24)22-21(10-11-21)18-9-5-8-17(13-18)16-7-4-6-15(12-16)14-23/h4-9,12-13,23H,10-11,14H2,1-3H3,(H,22,24). The van der Waals surface area contributed by atoms with Gasteiger partial charge in [0.2, 0.25) is 0 Å². The molecule has 0 aliphatic heterocycles. The average Bonchev–Trinajstić information content (AvgIpc) is 3.34. The second kappa shape index (κ2) is 6.52. The highest BCUT2D eigenvalue weighted by Crippen LogP contribution is 2.46. The molecular weight excluding hydrogens is 314 g/mol. The third-order valence-corrected chi connectivity index (χ3v) is 4.35. The maximum Gasteiger partial charge on any atom is 0.408 e. The summed E-state index contributed by atoms with van der Waals surface area (Å²) in [5, 5.41) is 12.4. The van der Waals surface area contributed by atoms with Gasteiger partial charge in [0.25, 0.3) is 0 Å². The molecule has 0 spiro atoms. The third-order valence-electron chi connectivity index (χ3n) is 4.35. The van der Waals surface area contributed by atoms with Crippen LogP contribution in [0.2, 0.25) is 0 Å². The predicted octanol–water partition coefficient (Wildman–Crippen LogP) is 4.36. The molecule has 0 heterocycles. The van der Waals surface area contributed by atoms with Gasteiger partial charge in [-0.25, -0.2) is 4.79 Å². The molecule has 0 unspecified atom stereocenters. The van der Waals surface area contributed by atoms with E-state index in [1.165, 1.54) is 0 Å². The maximum absolute atomic E-state index is 12.2. The Hall–Kier alpha value is -2.33. The van der Waals surface area contributed by atoms with Crippen molar-refractivity contribution in [3.8, 4) is 11.1 Å². The van der Waals surface area contributed by atoms with Gasteiger partial charge >= 0.3 is 6.09 Å². The van der Waals surface area contributed by atoms with Crippen LogP contribution in [0.25, 0.3) is 11.1 Å². The topological polar surface area (TPSA) is 58.6 Å². The summed E-state index contributed by atoms with van der Waals surface area (Å²) < 4.78 is 5.40. The summed E-state index contributed by atoms with van der Waals surface area (Å²) >= 11 is 0. The summed E-state index contributed by atoms with van der Waals surface area (Å²) in [5.74, 6) is 0. The Labute approximate surface area is 148 Å². The highest BCUT2D eigenvalue weighted by Gasteiger charge is 2.46. The van der Waals surface area contributed by atoms with E-state index >= 15 is 0 Å². The van der Waals surface area contributed by atoms with Crippen molar-refractivity contribution in [3.63, 3.8) is 0 Å². The molecule has 4 nitrogen and oxygen atoms in total. The number of aliphatic hydroxyl groups excluding tert-OH is 1. The Kier molecular flexibility index (Phi) is 4.56. The number of alkyl carbamates (subject to hydrolysis) is 1. The average molecular weight is 339 g/mol. The molecule has 3 rings (SSSR count). The normalized spacial score (nSPS) is 15.5. The van der Waals surface area contributed by atoms with E-state index in [9.17, 15) is 9.90 Å². The molecule has 132 valence electrons. The molecular formula is C21H25NO3. The fraction of sp³-hybridized carbons (Fsp3) is 0.381. The van der Waals surface area contributed by atoms with Crippen LogP contribution in [0.1, 0.15) is 44.7 Å². The Morgan fingerprint density at radius 1 is 1.12 bits per heavy atom. The quantitative estimate of drug-likeness (QED) is 0.870. The highest BCUT2D eigenvalue weighted by molar-refractivity contribution is 5.71. The number of hydrogen-bond donors (Lipinski definition) is 2. The molecule has 1 fully saturated rings. The molecule has 25 heavy (non-hydrogen) atoms. The smallest absolute Gasteiger partial charge is 0.408 e. The fourth-order valence-corrected chi connectivity index (χ4v) is 2.96. The Morgan fingerprint density at radius 2 is 1.76 bits per heavy atom. The first kappa shape index (κ1) is 17.5. The number of rotatable bonds is 4. The first-order valence-corrected chi connectivity index (χ1v) is 8.63. The number of carbonyl (C=O) groups excluding carboxylic acids is 1. The zero-order valence-corrected chi connectivity index (χ0v) is 15.0. The second-order valence-electron chi connectivity index (χ2n) is 7.65. The zero-order chi connectivity index (χ0) is 18.1. The third kappa shape index (κ3) is 4.20. The van der Waals surface area contributed by atoms with E-state index in [0.717, 1.165) is 35.1 Å². The zero-order valence-electron chi connectivity index (χ0n) is 15.0. The molecule has 1 amide bonds. The van der Waals surface area contributed by atoms with Crippen LogP contribution in [0.15, 0.2) is 48.5 Å². The van der Waals surface area contributed by atoms with Crippen molar-refractivity contribution in [1.82, 2.24) is 5.32 Å². The SMILES string of the molecule is CC(C)(C)OC(=O)NC1(c2cccc(-c3cccc(CO)c3)c2)CC1. The van der Waals surface area contributed by atoms with Crippen LogP contribution >= 0.6 is 0 Å². The van der Waals surface area contributed by atoms with Crippen LogP contribution in [-0.2, 0) is 16.9 Å². The Balaban J connectivity index is 1.82. The molecule has 0 radical (unpaired) electrons. The van der Waals surface area contributed by atoms with Crippen molar-refractivity contribution >= 4 is 6.09 Å². The summed E-state index contributed by atoms with van der Waals surface area (Å²) in [4.78, 5) is 12.2. The van der Waals surface area contributed by atoms with Crippen LogP contribution in [0.4, 0.5) is 4.79 Å². The van der Waals surface area contributed by atoms with Gasteiger partial charge in [-0.2, -0.15) is 0 Å². The largest absolute Gasteiger partial charge is 0.444 e. The molecule has 0 aromatic heterocycles. The lowest BCUT2D eigenvalue weighted by molar-refractivity contribution is 0.0495. The lowest BCUT2D eigenvalue weighted by Gasteiger charge is -2.24. The summed E-state index contributed by atoms with van der Waals surface area (Å²) in [7, 11) is 0. The van der Waals surface area contributed by atoms with Crippen molar-refractivity contribution in [1.29, 1.82) is 0 Å². The van der Waals surface area contributed by atoms with Gasteiger partial charge in [-0.15, -0.1) is 0 Å². The monoisotopic (exact) mass is 339 g/mol. The highest BCUT2D eigenvalue weighted by atomic mass is 16.6. The van der Waals surface area contributed by atoms with Crippen LogP contribution in [0.3, 0.4) is 0 Å². The molecule has 0 saturated heterocycles. The van der Waals surface area contributed by atoms with Gasteiger partial charge in [-0.1, -0.05) is 36.4 Å². The van der Waals surface area contributed by atoms with Crippen LogP contribution < -0.4 is 5.32 Å². The van der Waals surface area contributed by atoms with E-state index in [1.54, 1.807) is 0 Å². The molecule has 4 heteroatoms. The van der Waals surface area contributed by atoms with Gasteiger partial charge in [0, 0.05) is 0 Å². The molecule has 1 aliphatic rings. The fourth-order valence-electron chi connectivity index (χ4n) is 2.96. The van der Waals surface area contributed by atoms with Crippen LogP contribution in [-0.4, -0.2) is 16.8 Å². The van der Waals surface area contributed by atoms with E-state index in [0.29, 0.717) is 0 Å². The number of ether oxygens (including phenoxy) is 1. The van der Waals surface area contributed by atoms with Gasteiger partial charge < -0.3 is 15.2 Å².